The maximum atomic E-state index is 13.3. The molecule has 1 atom stereocenters. The van der Waals surface area contributed by atoms with Crippen LogP contribution >= 0.6 is 0 Å². The van der Waals surface area contributed by atoms with Gasteiger partial charge >= 0.3 is 0 Å². The quantitative estimate of drug-likeness (QED) is 0.443. The number of ether oxygens (including phenoxy) is 2. The van der Waals surface area contributed by atoms with Crippen LogP contribution < -0.4 is 10.1 Å². The molecule has 0 aromatic heterocycles. The predicted octanol–water partition coefficient (Wildman–Crippen LogP) is 5.01. The van der Waals surface area contributed by atoms with Crippen LogP contribution in [0.3, 0.4) is 0 Å². The molecule has 0 aliphatic carbocycles. The summed E-state index contributed by atoms with van der Waals surface area (Å²) < 4.78 is 24.2. The number of para-hydroxylation sites is 1. The maximum absolute atomic E-state index is 13.3. The van der Waals surface area contributed by atoms with Crippen LogP contribution in [0.4, 0.5) is 4.39 Å². The fourth-order valence-corrected chi connectivity index (χ4v) is 4.58. The summed E-state index contributed by atoms with van der Waals surface area (Å²) in [4.78, 5) is 15.3. The molecule has 0 unspecified atom stereocenters. The van der Waals surface area contributed by atoms with E-state index < -0.39 is 0 Å². The summed E-state index contributed by atoms with van der Waals surface area (Å²) in [5.74, 6) is 1.40. The summed E-state index contributed by atoms with van der Waals surface area (Å²) in [6, 6.07) is 14.5. The van der Waals surface area contributed by atoms with E-state index in [-0.39, 0.29) is 23.7 Å². The molecule has 1 fully saturated rings. The number of hydrogen-bond donors (Lipinski definition) is 1. The summed E-state index contributed by atoms with van der Waals surface area (Å²) in [6.07, 6.45) is 3.56. The SMILES string of the molecule is COCCOc1ccccc1CCN1CCC(CC(=O)N[C@@H](c2ccc(F)cc2)C(C)C)CC1. The fourth-order valence-electron chi connectivity index (χ4n) is 4.58. The summed E-state index contributed by atoms with van der Waals surface area (Å²) >= 11 is 0. The topological polar surface area (TPSA) is 50.8 Å². The number of nitrogens with zero attached hydrogens (tertiary/aromatic N) is 1. The second-order valence-corrected chi connectivity index (χ2v) is 9.53. The third-order valence-corrected chi connectivity index (χ3v) is 6.61. The van der Waals surface area contributed by atoms with Crippen molar-refractivity contribution in [2.24, 2.45) is 11.8 Å². The van der Waals surface area contributed by atoms with Crippen LogP contribution in [0.5, 0.6) is 5.75 Å². The number of carbonyl (C=O) groups excluding carboxylic acids is 1. The van der Waals surface area contributed by atoms with Gasteiger partial charge in [-0.25, -0.2) is 4.39 Å². The highest BCUT2D eigenvalue weighted by Crippen LogP contribution is 2.25. The number of methoxy groups -OCH3 is 1. The maximum Gasteiger partial charge on any atom is 0.220 e. The zero-order valence-corrected chi connectivity index (χ0v) is 20.8. The van der Waals surface area contributed by atoms with Gasteiger partial charge in [0.05, 0.1) is 12.6 Å². The van der Waals surface area contributed by atoms with Crippen LogP contribution in [-0.2, 0) is 16.0 Å². The van der Waals surface area contributed by atoms with Gasteiger partial charge in [0.2, 0.25) is 5.91 Å². The Morgan fingerprint density at radius 3 is 2.47 bits per heavy atom. The number of piperidine rings is 1. The molecule has 6 heteroatoms. The molecule has 2 aromatic rings. The second kappa shape index (κ2) is 13.4. The van der Waals surface area contributed by atoms with Crippen LogP contribution in [0.25, 0.3) is 0 Å². The first-order valence-electron chi connectivity index (χ1n) is 12.4. The van der Waals surface area contributed by atoms with Crippen molar-refractivity contribution in [2.45, 2.75) is 45.6 Å². The van der Waals surface area contributed by atoms with E-state index in [0.29, 0.717) is 25.6 Å². The molecule has 1 amide bonds. The second-order valence-electron chi connectivity index (χ2n) is 9.53. The number of hydrogen-bond acceptors (Lipinski definition) is 4. The van der Waals surface area contributed by atoms with Gasteiger partial charge in [-0.05, 0) is 73.5 Å². The minimum Gasteiger partial charge on any atom is -0.491 e. The van der Waals surface area contributed by atoms with Crippen LogP contribution in [0, 0.1) is 17.7 Å². The Hall–Kier alpha value is -2.44. The average molecular weight is 471 g/mol. The van der Waals surface area contributed by atoms with Crippen molar-refractivity contribution in [1.82, 2.24) is 10.2 Å². The van der Waals surface area contributed by atoms with E-state index in [0.717, 1.165) is 50.2 Å². The van der Waals surface area contributed by atoms with E-state index >= 15 is 0 Å². The molecule has 34 heavy (non-hydrogen) atoms. The molecule has 1 saturated heterocycles. The molecular weight excluding hydrogens is 431 g/mol. The lowest BCUT2D eigenvalue weighted by Crippen LogP contribution is -2.38. The summed E-state index contributed by atoms with van der Waals surface area (Å²) in [7, 11) is 1.68. The van der Waals surface area contributed by atoms with Gasteiger partial charge in [-0.3, -0.25) is 4.79 Å². The Bertz CT molecular complexity index is 879. The van der Waals surface area contributed by atoms with Gasteiger partial charge in [-0.2, -0.15) is 0 Å². The normalized spacial score (nSPS) is 15.9. The smallest absolute Gasteiger partial charge is 0.220 e. The summed E-state index contributed by atoms with van der Waals surface area (Å²) in [6.45, 7) is 8.30. The van der Waals surface area contributed by atoms with E-state index in [1.54, 1.807) is 19.2 Å². The number of benzene rings is 2. The van der Waals surface area contributed by atoms with Crippen molar-refractivity contribution in [3.63, 3.8) is 0 Å². The Labute approximate surface area is 203 Å². The number of nitrogens with one attached hydrogen (secondary N) is 1. The van der Waals surface area contributed by atoms with E-state index in [9.17, 15) is 9.18 Å². The minimum atomic E-state index is -0.258. The standard InChI is InChI=1S/C28H39FN2O3/c1-21(2)28(24-8-10-25(29)11-9-24)30-27(32)20-22-12-15-31(16-13-22)17-14-23-6-4-5-7-26(23)34-19-18-33-3/h4-11,21-22,28H,12-20H2,1-3H3,(H,30,32)/t28-/m1/s1. The molecule has 186 valence electrons. The first-order valence-corrected chi connectivity index (χ1v) is 12.4. The Kier molecular flexibility index (Phi) is 10.4. The molecule has 1 aliphatic heterocycles. The van der Waals surface area contributed by atoms with E-state index in [1.807, 2.05) is 12.1 Å². The number of halogens is 1. The largest absolute Gasteiger partial charge is 0.491 e. The number of carbonyl (C=O) groups is 1. The predicted molar refractivity (Wildman–Crippen MR) is 133 cm³/mol. The molecule has 1 aliphatic rings. The molecule has 1 N–H and O–H groups in total. The van der Waals surface area contributed by atoms with Crippen molar-refractivity contribution in [1.29, 1.82) is 0 Å². The molecule has 0 spiro atoms. The average Bonchev–Trinajstić information content (AvgIpc) is 2.83. The lowest BCUT2D eigenvalue weighted by atomic mass is 9.91. The number of rotatable bonds is 12. The lowest BCUT2D eigenvalue weighted by molar-refractivity contribution is -0.123. The van der Waals surface area contributed by atoms with E-state index in [2.05, 4.69) is 36.2 Å². The fraction of sp³-hybridized carbons (Fsp3) is 0.536. The van der Waals surface area contributed by atoms with Crippen molar-refractivity contribution >= 4 is 5.91 Å². The molecule has 3 rings (SSSR count). The Balaban J connectivity index is 1.42. The molecule has 0 saturated carbocycles. The van der Waals surface area contributed by atoms with Gasteiger partial charge in [0.15, 0.2) is 0 Å². The third-order valence-electron chi connectivity index (χ3n) is 6.61. The lowest BCUT2D eigenvalue weighted by Gasteiger charge is -2.32. The first-order chi connectivity index (χ1) is 16.5. The summed E-state index contributed by atoms with van der Waals surface area (Å²) in [5.41, 5.74) is 2.17. The van der Waals surface area contributed by atoms with E-state index in [1.165, 1.54) is 17.7 Å². The number of likely N-dealkylation sites (tertiary alicyclic amines) is 1. The van der Waals surface area contributed by atoms with Crippen molar-refractivity contribution < 1.29 is 18.7 Å². The highest BCUT2D eigenvalue weighted by atomic mass is 19.1. The third kappa shape index (κ3) is 8.10. The first kappa shape index (κ1) is 26.2. The van der Waals surface area contributed by atoms with Gasteiger partial charge in [0.25, 0.3) is 0 Å². The van der Waals surface area contributed by atoms with Crippen molar-refractivity contribution in [3.8, 4) is 5.75 Å². The highest BCUT2D eigenvalue weighted by molar-refractivity contribution is 5.76. The van der Waals surface area contributed by atoms with Gasteiger partial charge in [-0.15, -0.1) is 0 Å². The molecule has 2 aromatic carbocycles. The molecule has 0 bridgehead atoms. The Morgan fingerprint density at radius 2 is 1.79 bits per heavy atom. The zero-order valence-electron chi connectivity index (χ0n) is 20.8. The highest BCUT2D eigenvalue weighted by Gasteiger charge is 2.24. The van der Waals surface area contributed by atoms with Crippen molar-refractivity contribution in [3.05, 3.63) is 65.5 Å². The summed E-state index contributed by atoms with van der Waals surface area (Å²) in [5, 5.41) is 3.19. The van der Waals surface area contributed by atoms with Crippen LogP contribution in [0.15, 0.2) is 48.5 Å². The van der Waals surface area contributed by atoms with Gasteiger partial charge < -0.3 is 19.7 Å². The monoisotopic (exact) mass is 470 g/mol. The van der Waals surface area contributed by atoms with Crippen LogP contribution in [0.1, 0.15) is 50.3 Å². The Morgan fingerprint density at radius 1 is 1.09 bits per heavy atom. The molecule has 5 nitrogen and oxygen atoms in total. The molecule has 1 heterocycles. The van der Waals surface area contributed by atoms with Gasteiger partial charge in [-0.1, -0.05) is 44.2 Å². The van der Waals surface area contributed by atoms with Gasteiger partial charge in [0.1, 0.15) is 18.2 Å². The van der Waals surface area contributed by atoms with Crippen molar-refractivity contribution in [2.75, 3.05) is 40.0 Å². The van der Waals surface area contributed by atoms with Crippen LogP contribution in [-0.4, -0.2) is 50.8 Å². The van der Waals surface area contributed by atoms with Crippen LogP contribution in [0.2, 0.25) is 0 Å². The zero-order chi connectivity index (χ0) is 24.3. The molecular formula is C28H39FN2O3. The minimum absolute atomic E-state index is 0.0867. The van der Waals surface area contributed by atoms with E-state index in [4.69, 9.17) is 9.47 Å². The molecule has 0 radical (unpaired) electrons. The van der Waals surface area contributed by atoms with Gasteiger partial charge in [0, 0.05) is 20.1 Å². The number of amides is 1.